The molecule has 4 aromatic rings. The van der Waals surface area contributed by atoms with E-state index in [1.807, 2.05) is 35.2 Å². The maximum Gasteiger partial charge on any atom is 0.231 e. The van der Waals surface area contributed by atoms with Gasteiger partial charge in [-0.25, -0.2) is 0 Å². The van der Waals surface area contributed by atoms with Crippen LogP contribution in [0.4, 0.5) is 5.69 Å². The molecule has 0 spiro atoms. The maximum atomic E-state index is 4.54. The summed E-state index contributed by atoms with van der Waals surface area (Å²) in [5.74, 6) is 0. The molecule has 1 aliphatic carbocycles. The summed E-state index contributed by atoms with van der Waals surface area (Å²) in [5.41, 5.74) is 10.6. The Kier molecular flexibility index (Phi) is 4.15. The molecule has 2 aliphatic rings. The van der Waals surface area contributed by atoms with Crippen molar-refractivity contribution in [2.45, 2.75) is 19.3 Å². The Morgan fingerprint density at radius 2 is 1.59 bits per heavy atom. The first-order valence-electron chi connectivity index (χ1n) is 10.9. The van der Waals surface area contributed by atoms with Gasteiger partial charge in [0, 0.05) is 22.7 Å². The average molecular weight is 416 g/mol. The fourth-order valence-electron chi connectivity index (χ4n) is 4.85. The summed E-state index contributed by atoms with van der Waals surface area (Å²) in [4.78, 5) is 4.47. The lowest BCUT2D eigenvalue weighted by atomic mass is 9.82. The second-order valence-corrected chi connectivity index (χ2v) is 8.89. The van der Waals surface area contributed by atoms with Gasteiger partial charge >= 0.3 is 0 Å². The summed E-state index contributed by atoms with van der Waals surface area (Å²) in [6.45, 7) is 5.26. The first-order valence-corrected chi connectivity index (χ1v) is 10.9. The minimum absolute atomic E-state index is 0.0189. The van der Waals surface area contributed by atoms with Crippen LogP contribution < -0.4 is 0 Å². The lowest BCUT2D eigenvalue weighted by Crippen LogP contribution is -2.17. The van der Waals surface area contributed by atoms with Gasteiger partial charge in [0.15, 0.2) is 12.2 Å². The molecule has 0 atom stereocenters. The molecule has 0 fully saturated rings. The van der Waals surface area contributed by atoms with E-state index < -0.39 is 0 Å². The zero-order chi connectivity index (χ0) is 21.7. The Hall–Kier alpha value is -3.92. The summed E-state index contributed by atoms with van der Waals surface area (Å²) in [6, 6.07) is 29.7. The van der Waals surface area contributed by atoms with Crippen LogP contribution in [0.15, 0.2) is 101 Å². The van der Waals surface area contributed by atoms with Gasteiger partial charge in [0.2, 0.25) is 5.71 Å². The van der Waals surface area contributed by atoms with Crippen molar-refractivity contribution in [3.8, 4) is 22.4 Å². The van der Waals surface area contributed by atoms with Crippen LogP contribution in [-0.4, -0.2) is 21.9 Å². The fraction of sp³-hybridized carbons (Fsp3) is 0.143. The first kappa shape index (κ1) is 18.8. The second kappa shape index (κ2) is 7.06. The number of benzene rings is 3. The van der Waals surface area contributed by atoms with Crippen molar-refractivity contribution in [1.82, 2.24) is 4.98 Å². The smallest absolute Gasteiger partial charge is 0.231 e. The topological polar surface area (TPSA) is 40.6 Å². The molecule has 0 saturated heterocycles. The van der Waals surface area contributed by atoms with Crippen molar-refractivity contribution in [1.29, 1.82) is 0 Å². The van der Waals surface area contributed by atoms with Gasteiger partial charge in [-0.15, -0.1) is 4.70 Å². The summed E-state index contributed by atoms with van der Waals surface area (Å²) in [5, 5.41) is 9.01. The molecular weight excluding hydrogens is 392 g/mol. The van der Waals surface area contributed by atoms with E-state index >= 15 is 0 Å². The Morgan fingerprint density at radius 3 is 2.47 bits per heavy atom. The van der Waals surface area contributed by atoms with Crippen LogP contribution in [0.25, 0.3) is 22.4 Å². The number of rotatable bonds is 3. The van der Waals surface area contributed by atoms with Crippen LogP contribution in [0.2, 0.25) is 0 Å². The van der Waals surface area contributed by atoms with Gasteiger partial charge in [-0.1, -0.05) is 68.4 Å². The van der Waals surface area contributed by atoms with Crippen LogP contribution in [0.1, 0.15) is 30.5 Å². The summed E-state index contributed by atoms with van der Waals surface area (Å²) in [7, 11) is 0. The van der Waals surface area contributed by atoms with Crippen molar-refractivity contribution in [3.05, 3.63) is 108 Å². The summed E-state index contributed by atoms with van der Waals surface area (Å²) >= 11 is 0. The zero-order valence-corrected chi connectivity index (χ0v) is 18.2. The van der Waals surface area contributed by atoms with E-state index in [9.17, 15) is 0 Å². The lowest BCUT2D eigenvalue weighted by molar-refractivity contribution is -0.492. The first-order chi connectivity index (χ1) is 15.6. The largest absolute Gasteiger partial charge is 0.256 e. The van der Waals surface area contributed by atoms with Crippen LogP contribution in [0, 0.1) is 0 Å². The molecule has 4 heteroatoms. The Morgan fingerprint density at radius 1 is 0.750 bits per heavy atom. The highest BCUT2D eigenvalue weighted by atomic mass is 15.5. The molecule has 0 unspecified atom stereocenters. The standard InChI is InChI=1S/C28H23N4/c1-28(2)24-11-4-3-10-22(24)23-14-13-20(17-25(23)28)27-18-32(31-30-27)21-9-7-8-19(16-21)26-12-5-6-15-29-26/h3-17H,18H2,1-2H3/q+1. The molecule has 154 valence electrons. The van der Waals surface area contributed by atoms with E-state index in [4.69, 9.17) is 0 Å². The third kappa shape index (κ3) is 2.91. The van der Waals surface area contributed by atoms with Crippen molar-refractivity contribution < 1.29 is 4.70 Å². The molecule has 3 aromatic carbocycles. The van der Waals surface area contributed by atoms with Gasteiger partial charge < -0.3 is 0 Å². The average Bonchev–Trinajstić information content (AvgIpc) is 3.42. The van der Waals surface area contributed by atoms with Gasteiger partial charge in [0.1, 0.15) is 5.22 Å². The number of aromatic nitrogens is 1. The second-order valence-electron chi connectivity index (χ2n) is 8.89. The minimum Gasteiger partial charge on any atom is -0.256 e. The number of nitrogens with zero attached hydrogens (tertiary/aromatic N) is 4. The number of fused-ring (bicyclic) bond motifs is 3. The molecule has 32 heavy (non-hydrogen) atoms. The summed E-state index contributed by atoms with van der Waals surface area (Å²) in [6.07, 6.45) is 1.82. The zero-order valence-electron chi connectivity index (χ0n) is 18.2. The predicted octanol–water partition coefficient (Wildman–Crippen LogP) is 6.57. The Labute approximate surface area is 187 Å². The highest BCUT2D eigenvalue weighted by molar-refractivity contribution is 6.03. The van der Waals surface area contributed by atoms with Crippen molar-refractivity contribution in [3.63, 3.8) is 0 Å². The molecule has 1 aromatic heterocycles. The van der Waals surface area contributed by atoms with Crippen molar-refractivity contribution in [2.75, 3.05) is 6.54 Å². The van der Waals surface area contributed by atoms with Gasteiger partial charge in [0.25, 0.3) is 0 Å². The van der Waals surface area contributed by atoms with Crippen LogP contribution in [-0.2, 0) is 5.41 Å². The molecule has 6 rings (SSSR count). The van der Waals surface area contributed by atoms with Gasteiger partial charge in [-0.2, -0.15) is 0 Å². The molecule has 0 saturated carbocycles. The summed E-state index contributed by atoms with van der Waals surface area (Å²) < 4.78 is 1.95. The fourth-order valence-corrected chi connectivity index (χ4v) is 4.85. The molecule has 4 nitrogen and oxygen atoms in total. The van der Waals surface area contributed by atoms with Crippen LogP contribution in [0.5, 0.6) is 0 Å². The highest BCUT2D eigenvalue weighted by Gasteiger charge is 2.36. The van der Waals surface area contributed by atoms with E-state index in [1.54, 1.807) is 0 Å². The van der Waals surface area contributed by atoms with Crippen LogP contribution in [0.3, 0.4) is 0 Å². The van der Waals surface area contributed by atoms with E-state index in [-0.39, 0.29) is 5.41 Å². The quantitative estimate of drug-likeness (QED) is 0.349. The van der Waals surface area contributed by atoms with Gasteiger partial charge in [0.05, 0.1) is 10.8 Å². The Bertz CT molecular complexity index is 1410. The molecule has 0 bridgehead atoms. The SMILES string of the molecule is CC1(C)c2ccccc2-c2ccc(C3=NN=[N+](c4cccc(-c5ccccn5)c4)C3)cc21. The van der Waals surface area contributed by atoms with Gasteiger partial charge in [-0.05, 0) is 52.6 Å². The van der Waals surface area contributed by atoms with E-state index in [2.05, 4.69) is 89.8 Å². The normalized spacial score (nSPS) is 15.7. The molecular formula is C28H23N4+. The van der Waals surface area contributed by atoms with E-state index in [1.165, 1.54) is 22.3 Å². The monoisotopic (exact) mass is 415 g/mol. The number of pyridine rings is 1. The molecule has 0 N–H and O–H groups in total. The molecule has 0 amide bonds. The molecule has 0 radical (unpaired) electrons. The highest BCUT2D eigenvalue weighted by Crippen LogP contribution is 2.48. The maximum absolute atomic E-state index is 4.54. The third-order valence-corrected chi connectivity index (χ3v) is 6.59. The minimum atomic E-state index is -0.0189. The van der Waals surface area contributed by atoms with E-state index in [0.29, 0.717) is 6.54 Å². The number of hydrogen-bond acceptors (Lipinski definition) is 3. The van der Waals surface area contributed by atoms with Gasteiger partial charge in [-0.3, -0.25) is 4.98 Å². The van der Waals surface area contributed by atoms with Crippen molar-refractivity contribution in [2.24, 2.45) is 10.3 Å². The third-order valence-electron chi connectivity index (χ3n) is 6.59. The molecule has 2 heterocycles. The lowest BCUT2D eigenvalue weighted by Gasteiger charge is -2.21. The predicted molar refractivity (Wildman–Crippen MR) is 127 cm³/mol. The Balaban J connectivity index is 1.29. The van der Waals surface area contributed by atoms with Crippen LogP contribution >= 0.6 is 0 Å². The number of hydrogen-bond donors (Lipinski definition) is 0. The van der Waals surface area contributed by atoms with E-state index in [0.717, 1.165) is 28.2 Å². The molecule has 1 aliphatic heterocycles. The van der Waals surface area contributed by atoms with Crippen molar-refractivity contribution >= 4 is 11.4 Å².